The lowest BCUT2D eigenvalue weighted by atomic mass is 9.98. The monoisotopic (exact) mass is 583 g/mol. The molecule has 228 valence electrons. The normalized spacial score (nSPS) is 24.8. The molecule has 6 rings (SSSR count). The van der Waals surface area contributed by atoms with E-state index in [9.17, 15) is 9.90 Å². The van der Waals surface area contributed by atoms with Crippen LogP contribution in [-0.2, 0) is 27.4 Å². The number of ether oxygens (including phenoxy) is 2. The molecule has 0 saturated carbocycles. The van der Waals surface area contributed by atoms with Crippen molar-refractivity contribution < 1.29 is 19.4 Å². The number of benzene rings is 3. The molecule has 3 aromatic rings. The zero-order chi connectivity index (χ0) is 29.6. The van der Waals surface area contributed by atoms with Crippen molar-refractivity contribution in [3.8, 4) is 11.1 Å². The second-order valence-electron chi connectivity index (χ2n) is 12.4. The highest BCUT2D eigenvalue weighted by Crippen LogP contribution is 2.39. The molecule has 0 aromatic heterocycles. The molecule has 7 heteroatoms. The smallest absolute Gasteiger partial charge is 0.217 e. The minimum atomic E-state index is -0.457. The molecular weight excluding hydrogens is 538 g/mol. The van der Waals surface area contributed by atoms with E-state index in [1.54, 1.807) is 0 Å². The average Bonchev–Trinajstić information content (AvgIpc) is 3.72. The van der Waals surface area contributed by atoms with Gasteiger partial charge in [-0.1, -0.05) is 66.7 Å². The number of rotatable bonds is 10. The van der Waals surface area contributed by atoms with Crippen LogP contribution in [0.25, 0.3) is 11.1 Å². The van der Waals surface area contributed by atoms with Crippen LogP contribution in [0.3, 0.4) is 0 Å². The van der Waals surface area contributed by atoms with Crippen molar-refractivity contribution in [3.05, 3.63) is 95.1 Å². The van der Waals surface area contributed by atoms with E-state index in [2.05, 4.69) is 63.6 Å². The van der Waals surface area contributed by atoms with Crippen molar-refractivity contribution in [1.82, 2.24) is 15.1 Å². The molecule has 4 atom stereocenters. The molecule has 3 fully saturated rings. The van der Waals surface area contributed by atoms with Crippen LogP contribution >= 0.6 is 0 Å². The van der Waals surface area contributed by atoms with E-state index >= 15 is 0 Å². The zero-order valence-corrected chi connectivity index (χ0v) is 25.3. The summed E-state index contributed by atoms with van der Waals surface area (Å²) in [7, 11) is 0. The fourth-order valence-electron chi connectivity index (χ4n) is 6.82. The summed E-state index contributed by atoms with van der Waals surface area (Å²) >= 11 is 0. The quantitative estimate of drug-likeness (QED) is 0.324. The van der Waals surface area contributed by atoms with Crippen LogP contribution in [0.4, 0.5) is 0 Å². The van der Waals surface area contributed by atoms with Gasteiger partial charge >= 0.3 is 0 Å². The van der Waals surface area contributed by atoms with Crippen LogP contribution in [0.15, 0.2) is 72.8 Å². The van der Waals surface area contributed by atoms with Gasteiger partial charge in [0.15, 0.2) is 6.29 Å². The maximum absolute atomic E-state index is 11.4. The molecule has 3 aliphatic rings. The summed E-state index contributed by atoms with van der Waals surface area (Å²) in [6.45, 7) is 7.79. The predicted molar refractivity (Wildman–Crippen MR) is 168 cm³/mol. The third-order valence-electron chi connectivity index (χ3n) is 9.20. The van der Waals surface area contributed by atoms with Gasteiger partial charge in [0.05, 0.1) is 18.8 Å². The molecule has 7 nitrogen and oxygen atoms in total. The number of aliphatic hydroxyl groups is 1. The van der Waals surface area contributed by atoms with Gasteiger partial charge in [0.25, 0.3) is 0 Å². The van der Waals surface area contributed by atoms with Crippen molar-refractivity contribution in [2.24, 2.45) is 0 Å². The molecular formula is C36H45N3O4. The van der Waals surface area contributed by atoms with Gasteiger partial charge in [0, 0.05) is 44.6 Å². The van der Waals surface area contributed by atoms with E-state index in [0.29, 0.717) is 12.6 Å². The van der Waals surface area contributed by atoms with E-state index < -0.39 is 6.29 Å². The van der Waals surface area contributed by atoms with Crippen LogP contribution in [0.2, 0.25) is 0 Å². The molecule has 43 heavy (non-hydrogen) atoms. The molecule has 0 bridgehead atoms. The number of aliphatic hydroxyl groups excluding tert-OH is 1. The summed E-state index contributed by atoms with van der Waals surface area (Å²) < 4.78 is 13.3. The Morgan fingerprint density at radius 3 is 2.37 bits per heavy atom. The lowest BCUT2D eigenvalue weighted by Gasteiger charge is -2.39. The summed E-state index contributed by atoms with van der Waals surface area (Å²) in [6, 6.07) is 25.5. The molecule has 0 radical (unpaired) electrons. The van der Waals surface area contributed by atoms with Crippen molar-refractivity contribution >= 4 is 5.91 Å². The number of amides is 1. The van der Waals surface area contributed by atoms with Crippen molar-refractivity contribution in [2.75, 3.05) is 32.7 Å². The largest absolute Gasteiger partial charge is 0.392 e. The van der Waals surface area contributed by atoms with Gasteiger partial charge in [-0.15, -0.1) is 0 Å². The number of hydrogen-bond acceptors (Lipinski definition) is 6. The van der Waals surface area contributed by atoms with Gasteiger partial charge in [0.1, 0.15) is 0 Å². The second kappa shape index (κ2) is 14.1. The highest BCUT2D eigenvalue weighted by atomic mass is 16.7. The number of carbonyl (C=O) groups is 1. The Bertz CT molecular complexity index is 1340. The first kappa shape index (κ1) is 30.0. The number of carbonyl (C=O) groups excluding carboxylic acids is 1. The first-order valence-electron chi connectivity index (χ1n) is 15.9. The van der Waals surface area contributed by atoms with Crippen LogP contribution in [-0.4, -0.2) is 65.7 Å². The molecule has 4 unspecified atom stereocenters. The van der Waals surface area contributed by atoms with Gasteiger partial charge in [-0.25, -0.2) is 0 Å². The molecule has 0 aliphatic carbocycles. The first-order chi connectivity index (χ1) is 21.0. The van der Waals surface area contributed by atoms with Crippen LogP contribution in [0, 0.1) is 0 Å². The average molecular weight is 584 g/mol. The summed E-state index contributed by atoms with van der Waals surface area (Å²) in [4.78, 5) is 16.7. The third kappa shape index (κ3) is 7.72. The summed E-state index contributed by atoms with van der Waals surface area (Å²) in [6.07, 6.45) is 5.51. The molecule has 0 spiro atoms. The van der Waals surface area contributed by atoms with Gasteiger partial charge in [-0.2, -0.15) is 0 Å². The van der Waals surface area contributed by atoms with Crippen LogP contribution in [0.5, 0.6) is 0 Å². The topological polar surface area (TPSA) is 74.3 Å². The molecule has 3 aromatic carbocycles. The van der Waals surface area contributed by atoms with Gasteiger partial charge < -0.3 is 24.8 Å². The van der Waals surface area contributed by atoms with E-state index in [1.807, 2.05) is 24.3 Å². The lowest BCUT2D eigenvalue weighted by molar-refractivity contribution is -0.253. The van der Waals surface area contributed by atoms with Gasteiger partial charge in [0.2, 0.25) is 5.91 Å². The first-order valence-corrected chi connectivity index (χ1v) is 15.9. The molecule has 3 aliphatic heterocycles. The Morgan fingerprint density at radius 2 is 1.63 bits per heavy atom. The van der Waals surface area contributed by atoms with Crippen molar-refractivity contribution in [2.45, 2.75) is 76.7 Å². The van der Waals surface area contributed by atoms with E-state index in [1.165, 1.54) is 52.2 Å². The Labute approximate surface area is 255 Å². The van der Waals surface area contributed by atoms with Gasteiger partial charge in [-0.3, -0.25) is 9.69 Å². The molecule has 2 N–H and O–H groups in total. The maximum Gasteiger partial charge on any atom is 0.217 e. The SMILES string of the molecule is CC(=O)NCc1cccc(-c2ccc(C3OC(CN4CCCC4CN4CCCC4)CC(c4ccc(CO)cc4)O3)cc2)c1. The Balaban J connectivity index is 1.18. The fraction of sp³-hybridized carbons (Fsp3) is 0.472. The second-order valence-corrected chi connectivity index (χ2v) is 12.4. The van der Waals surface area contributed by atoms with Crippen LogP contribution in [0.1, 0.15) is 73.7 Å². The highest BCUT2D eigenvalue weighted by molar-refractivity contribution is 5.73. The minimum absolute atomic E-state index is 0.0324. The van der Waals surface area contributed by atoms with Crippen molar-refractivity contribution in [3.63, 3.8) is 0 Å². The van der Waals surface area contributed by atoms with E-state index in [0.717, 1.165) is 52.9 Å². The maximum atomic E-state index is 11.4. The van der Waals surface area contributed by atoms with Crippen LogP contribution < -0.4 is 5.32 Å². The predicted octanol–water partition coefficient (Wildman–Crippen LogP) is 5.59. The summed E-state index contributed by atoms with van der Waals surface area (Å²) in [5.41, 5.74) is 6.32. The molecule has 3 heterocycles. The Hall–Kier alpha value is -3.07. The Morgan fingerprint density at radius 1 is 0.860 bits per heavy atom. The summed E-state index contributed by atoms with van der Waals surface area (Å²) in [5, 5.41) is 12.4. The standard InChI is InChI=1S/C36H45N3O4/c1-26(41)37-22-28-6-4-7-32(20-28)29-13-15-31(16-14-29)36-42-34(21-35(43-36)30-11-9-27(25-40)10-12-30)24-39-19-5-8-33(39)23-38-17-2-3-18-38/h4,6-7,9-16,20,33-36,40H,2-3,5,8,17-19,21-25H2,1H3,(H,37,41). The van der Waals surface area contributed by atoms with Gasteiger partial charge in [-0.05, 0) is 79.2 Å². The zero-order valence-electron chi connectivity index (χ0n) is 25.3. The Kier molecular flexibility index (Phi) is 9.86. The molecule has 3 saturated heterocycles. The van der Waals surface area contributed by atoms with E-state index in [-0.39, 0.29) is 24.7 Å². The number of likely N-dealkylation sites (tertiary alicyclic amines) is 2. The minimum Gasteiger partial charge on any atom is -0.392 e. The number of nitrogens with one attached hydrogen (secondary N) is 1. The van der Waals surface area contributed by atoms with E-state index in [4.69, 9.17) is 9.47 Å². The number of nitrogens with zero attached hydrogens (tertiary/aromatic N) is 2. The molecule has 1 amide bonds. The fourth-order valence-corrected chi connectivity index (χ4v) is 6.82. The van der Waals surface area contributed by atoms with Crippen molar-refractivity contribution in [1.29, 1.82) is 0 Å². The number of hydrogen-bond donors (Lipinski definition) is 2. The highest BCUT2D eigenvalue weighted by Gasteiger charge is 2.36. The summed E-state index contributed by atoms with van der Waals surface area (Å²) in [5.74, 6) is -0.0324. The lowest BCUT2D eigenvalue weighted by Crippen LogP contribution is -2.45. The third-order valence-corrected chi connectivity index (χ3v) is 9.20.